The third-order valence-electron chi connectivity index (χ3n) is 3.53. The third kappa shape index (κ3) is 4.83. The van der Waals surface area contributed by atoms with Gasteiger partial charge in [-0.3, -0.25) is 0 Å². The molecule has 1 rings (SSSR count). The highest BCUT2D eigenvalue weighted by atomic mass is 16.3. The number of likely N-dealkylation sites (N-methyl/N-ethyl adjacent to an activating group) is 1. The van der Waals surface area contributed by atoms with Crippen LogP contribution in [0.3, 0.4) is 0 Å². The first kappa shape index (κ1) is 15.3. The minimum Gasteiger partial charge on any atom is -0.388 e. The number of aliphatic hydroxyl groups is 1. The summed E-state index contributed by atoms with van der Waals surface area (Å²) in [5.74, 6) is 0.234. The van der Waals surface area contributed by atoms with Crippen molar-refractivity contribution >= 4 is 0 Å². The van der Waals surface area contributed by atoms with Gasteiger partial charge in [-0.15, -0.1) is 0 Å². The lowest BCUT2D eigenvalue weighted by Gasteiger charge is -2.26. The number of rotatable bonds is 7. The molecule has 2 unspecified atom stereocenters. The average molecular weight is 252 g/mol. The zero-order chi connectivity index (χ0) is 13.5. The van der Waals surface area contributed by atoms with E-state index >= 15 is 0 Å². The Labute approximate surface area is 112 Å². The molecule has 0 saturated carbocycles. The standard InChI is InChI=1S/C15H28N2O/c1-5-9-16(3)10-6-11-17(4)14-8-7-13(2)15(18)12-14/h7-8,12-13,15,18H,5-6,9-11H2,1-4H3. The number of hydrogen-bond donors (Lipinski definition) is 1. The molecule has 1 aliphatic rings. The maximum absolute atomic E-state index is 9.82. The van der Waals surface area contributed by atoms with Crippen molar-refractivity contribution in [3.05, 3.63) is 23.9 Å². The Bertz CT molecular complexity index is 299. The molecule has 0 heterocycles. The quantitative estimate of drug-likeness (QED) is 0.751. The molecule has 1 N–H and O–H groups in total. The molecule has 0 spiro atoms. The molecule has 2 atom stereocenters. The van der Waals surface area contributed by atoms with Gasteiger partial charge in [-0.1, -0.05) is 19.9 Å². The van der Waals surface area contributed by atoms with Gasteiger partial charge >= 0.3 is 0 Å². The molecular weight excluding hydrogens is 224 g/mol. The van der Waals surface area contributed by atoms with Gasteiger partial charge in [0.15, 0.2) is 0 Å². The fourth-order valence-corrected chi connectivity index (χ4v) is 2.20. The third-order valence-corrected chi connectivity index (χ3v) is 3.53. The largest absolute Gasteiger partial charge is 0.388 e. The normalized spacial score (nSPS) is 23.3. The molecule has 0 amide bonds. The van der Waals surface area contributed by atoms with Crippen LogP contribution in [-0.2, 0) is 0 Å². The van der Waals surface area contributed by atoms with E-state index in [1.54, 1.807) is 0 Å². The van der Waals surface area contributed by atoms with E-state index in [-0.39, 0.29) is 12.0 Å². The van der Waals surface area contributed by atoms with Crippen molar-refractivity contribution in [3.63, 3.8) is 0 Å². The number of nitrogens with zero attached hydrogens (tertiary/aromatic N) is 2. The second kappa shape index (κ2) is 7.59. The van der Waals surface area contributed by atoms with E-state index in [2.05, 4.69) is 43.0 Å². The van der Waals surface area contributed by atoms with Crippen molar-refractivity contribution in [3.8, 4) is 0 Å². The minimum atomic E-state index is -0.338. The van der Waals surface area contributed by atoms with Crippen LogP contribution in [0.5, 0.6) is 0 Å². The lowest BCUT2D eigenvalue weighted by atomic mass is 9.98. The number of aliphatic hydroxyl groups excluding tert-OH is 1. The summed E-state index contributed by atoms with van der Waals surface area (Å²) < 4.78 is 0. The minimum absolute atomic E-state index is 0.234. The Morgan fingerprint density at radius 2 is 1.94 bits per heavy atom. The summed E-state index contributed by atoms with van der Waals surface area (Å²) >= 11 is 0. The van der Waals surface area contributed by atoms with E-state index in [0.29, 0.717) is 0 Å². The molecule has 18 heavy (non-hydrogen) atoms. The number of allylic oxidation sites excluding steroid dienone is 1. The van der Waals surface area contributed by atoms with Gasteiger partial charge in [-0.2, -0.15) is 0 Å². The lowest BCUT2D eigenvalue weighted by Crippen LogP contribution is -2.27. The summed E-state index contributed by atoms with van der Waals surface area (Å²) in [7, 11) is 4.27. The van der Waals surface area contributed by atoms with E-state index in [9.17, 15) is 5.11 Å². The van der Waals surface area contributed by atoms with E-state index in [0.717, 1.165) is 25.2 Å². The molecule has 0 aromatic rings. The van der Waals surface area contributed by atoms with E-state index in [4.69, 9.17) is 0 Å². The summed E-state index contributed by atoms with van der Waals surface area (Å²) in [5.41, 5.74) is 1.14. The van der Waals surface area contributed by atoms with Crippen molar-refractivity contribution < 1.29 is 5.11 Å². The first-order valence-electron chi connectivity index (χ1n) is 7.02. The first-order valence-corrected chi connectivity index (χ1v) is 7.02. The summed E-state index contributed by atoms with van der Waals surface area (Å²) in [5, 5.41) is 9.82. The van der Waals surface area contributed by atoms with Crippen molar-refractivity contribution in [2.45, 2.75) is 32.8 Å². The van der Waals surface area contributed by atoms with Gasteiger partial charge in [-0.25, -0.2) is 0 Å². The molecule has 0 bridgehead atoms. The summed E-state index contributed by atoms with van der Waals surface area (Å²) in [6.45, 7) is 7.58. The Balaban J connectivity index is 2.31. The highest BCUT2D eigenvalue weighted by Crippen LogP contribution is 2.18. The molecule has 1 aliphatic carbocycles. The Morgan fingerprint density at radius 1 is 1.22 bits per heavy atom. The summed E-state index contributed by atoms with van der Waals surface area (Å²) in [6.07, 6.45) is 8.19. The predicted molar refractivity (Wildman–Crippen MR) is 77.4 cm³/mol. The molecular formula is C15H28N2O. The van der Waals surface area contributed by atoms with Crippen LogP contribution >= 0.6 is 0 Å². The molecule has 0 aromatic carbocycles. The Kier molecular flexibility index (Phi) is 6.44. The van der Waals surface area contributed by atoms with E-state index < -0.39 is 0 Å². The molecule has 104 valence electrons. The lowest BCUT2D eigenvalue weighted by molar-refractivity contribution is 0.179. The van der Waals surface area contributed by atoms with Crippen molar-refractivity contribution in [1.29, 1.82) is 0 Å². The predicted octanol–water partition coefficient (Wildman–Crippen LogP) is 2.10. The van der Waals surface area contributed by atoms with Crippen LogP contribution in [0.1, 0.15) is 26.7 Å². The Hall–Kier alpha value is -0.800. The van der Waals surface area contributed by atoms with E-state index in [1.807, 2.05) is 13.0 Å². The van der Waals surface area contributed by atoms with Gasteiger partial charge < -0.3 is 14.9 Å². The van der Waals surface area contributed by atoms with Crippen molar-refractivity contribution in [2.75, 3.05) is 33.7 Å². The van der Waals surface area contributed by atoms with Crippen LogP contribution in [0.15, 0.2) is 23.9 Å². The second-order valence-electron chi connectivity index (χ2n) is 5.38. The first-order chi connectivity index (χ1) is 8.54. The summed E-state index contributed by atoms with van der Waals surface area (Å²) in [6, 6.07) is 0. The van der Waals surface area contributed by atoms with Crippen LogP contribution in [0.2, 0.25) is 0 Å². The molecule has 0 aliphatic heterocycles. The van der Waals surface area contributed by atoms with Crippen LogP contribution in [0.4, 0.5) is 0 Å². The SMILES string of the molecule is CCCN(C)CCCN(C)C1=CC(O)C(C)C=C1. The highest BCUT2D eigenvalue weighted by Gasteiger charge is 2.15. The zero-order valence-electron chi connectivity index (χ0n) is 12.3. The van der Waals surface area contributed by atoms with Crippen LogP contribution < -0.4 is 0 Å². The molecule has 3 nitrogen and oxygen atoms in total. The van der Waals surface area contributed by atoms with Crippen molar-refractivity contribution in [2.24, 2.45) is 5.92 Å². The number of hydrogen-bond acceptors (Lipinski definition) is 3. The monoisotopic (exact) mass is 252 g/mol. The Morgan fingerprint density at radius 3 is 2.56 bits per heavy atom. The summed E-state index contributed by atoms with van der Waals surface area (Å²) in [4.78, 5) is 4.60. The molecule has 3 heteroatoms. The van der Waals surface area contributed by atoms with Crippen LogP contribution in [0.25, 0.3) is 0 Å². The van der Waals surface area contributed by atoms with Gasteiger partial charge in [0.05, 0.1) is 6.10 Å². The molecule has 0 radical (unpaired) electrons. The highest BCUT2D eigenvalue weighted by molar-refractivity contribution is 5.24. The molecule has 0 aromatic heterocycles. The zero-order valence-corrected chi connectivity index (χ0v) is 12.3. The van der Waals surface area contributed by atoms with Crippen molar-refractivity contribution in [1.82, 2.24) is 9.80 Å². The van der Waals surface area contributed by atoms with Gasteiger partial charge in [0.25, 0.3) is 0 Å². The maximum atomic E-state index is 9.82. The fourth-order valence-electron chi connectivity index (χ4n) is 2.20. The van der Waals surface area contributed by atoms with Gasteiger partial charge in [-0.05, 0) is 45.1 Å². The van der Waals surface area contributed by atoms with E-state index in [1.165, 1.54) is 13.0 Å². The van der Waals surface area contributed by atoms with Crippen LogP contribution in [-0.4, -0.2) is 54.7 Å². The fraction of sp³-hybridized carbons (Fsp3) is 0.733. The van der Waals surface area contributed by atoms with Gasteiger partial charge in [0, 0.05) is 25.2 Å². The van der Waals surface area contributed by atoms with Gasteiger partial charge in [0.2, 0.25) is 0 Å². The smallest absolute Gasteiger partial charge is 0.0803 e. The maximum Gasteiger partial charge on any atom is 0.0803 e. The second-order valence-corrected chi connectivity index (χ2v) is 5.38. The topological polar surface area (TPSA) is 26.7 Å². The molecule has 0 saturated heterocycles. The van der Waals surface area contributed by atoms with Gasteiger partial charge in [0.1, 0.15) is 0 Å². The molecule has 0 fully saturated rings. The van der Waals surface area contributed by atoms with Crippen LogP contribution in [0, 0.1) is 5.92 Å². The average Bonchev–Trinajstić information content (AvgIpc) is 2.33.